The van der Waals surface area contributed by atoms with Gasteiger partial charge in [0.15, 0.2) is 0 Å². The Morgan fingerprint density at radius 1 is 0.750 bits per heavy atom. The van der Waals surface area contributed by atoms with Gasteiger partial charge in [-0.2, -0.15) is 0 Å². The molecule has 0 heterocycles. The minimum absolute atomic E-state index is 0.0783. The SMILES string of the molecule is CC(=O)N[C@@H](Cc1ccc(O)c(-c2cc(C[C@H](NC(C)=O)C(N)=O)ccc2O)c1)C(N)=O. The van der Waals surface area contributed by atoms with E-state index in [0.717, 1.165) is 0 Å². The van der Waals surface area contributed by atoms with Crippen molar-refractivity contribution in [3.63, 3.8) is 0 Å². The summed E-state index contributed by atoms with van der Waals surface area (Å²) in [5.74, 6) is -2.53. The summed E-state index contributed by atoms with van der Waals surface area (Å²) in [5.41, 5.74) is 12.4. The summed E-state index contributed by atoms with van der Waals surface area (Å²) in [6.07, 6.45) is 0.157. The third kappa shape index (κ3) is 6.46. The lowest BCUT2D eigenvalue weighted by atomic mass is 9.95. The summed E-state index contributed by atoms with van der Waals surface area (Å²) >= 11 is 0. The van der Waals surface area contributed by atoms with E-state index >= 15 is 0 Å². The number of aromatic hydroxyl groups is 2. The number of phenolic OH excluding ortho intramolecular Hbond substituents is 2. The number of nitrogens with two attached hydrogens (primary N) is 2. The molecule has 0 saturated carbocycles. The molecular weight excluding hydrogens is 416 g/mol. The molecule has 0 aromatic heterocycles. The van der Waals surface area contributed by atoms with Crippen molar-refractivity contribution < 1.29 is 29.4 Å². The molecule has 2 atom stereocenters. The Labute approximate surface area is 184 Å². The van der Waals surface area contributed by atoms with Crippen LogP contribution in [-0.2, 0) is 32.0 Å². The van der Waals surface area contributed by atoms with Crippen molar-refractivity contribution in [2.45, 2.75) is 38.8 Å². The molecule has 170 valence electrons. The van der Waals surface area contributed by atoms with Gasteiger partial charge in [0.25, 0.3) is 0 Å². The molecule has 10 heteroatoms. The second kappa shape index (κ2) is 10.3. The van der Waals surface area contributed by atoms with E-state index in [1.54, 1.807) is 24.3 Å². The number of hydrogen-bond acceptors (Lipinski definition) is 6. The second-order valence-electron chi connectivity index (χ2n) is 7.42. The lowest BCUT2D eigenvalue weighted by molar-refractivity contribution is -0.126. The normalized spacial score (nSPS) is 12.4. The molecule has 0 aliphatic rings. The molecule has 0 aliphatic carbocycles. The summed E-state index contributed by atoms with van der Waals surface area (Å²) < 4.78 is 0. The van der Waals surface area contributed by atoms with Crippen molar-refractivity contribution in [1.82, 2.24) is 10.6 Å². The van der Waals surface area contributed by atoms with Crippen LogP contribution in [-0.4, -0.2) is 45.9 Å². The van der Waals surface area contributed by atoms with Crippen LogP contribution in [0, 0.1) is 0 Å². The number of benzene rings is 2. The van der Waals surface area contributed by atoms with Crippen molar-refractivity contribution in [2.75, 3.05) is 0 Å². The lowest BCUT2D eigenvalue weighted by Gasteiger charge is -2.17. The van der Waals surface area contributed by atoms with Crippen molar-refractivity contribution in [2.24, 2.45) is 11.5 Å². The molecule has 0 aliphatic heterocycles. The molecule has 0 unspecified atom stereocenters. The summed E-state index contributed by atoms with van der Waals surface area (Å²) in [5, 5.41) is 25.7. The summed E-state index contributed by atoms with van der Waals surface area (Å²) in [6.45, 7) is 2.53. The summed E-state index contributed by atoms with van der Waals surface area (Å²) in [4.78, 5) is 45.9. The molecule has 0 bridgehead atoms. The van der Waals surface area contributed by atoms with Gasteiger partial charge in [-0.1, -0.05) is 12.1 Å². The van der Waals surface area contributed by atoms with Crippen LogP contribution >= 0.6 is 0 Å². The Morgan fingerprint density at radius 2 is 1.09 bits per heavy atom. The predicted molar refractivity (Wildman–Crippen MR) is 116 cm³/mol. The molecule has 2 aromatic rings. The maximum atomic E-state index is 11.6. The van der Waals surface area contributed by atoms with Gasteiger partial charge in [0.05, 0.1) is 0 Å². The summed E-state index contributed by atoms with van der Waals surface area (Å²) in [6, 6.07) is 7.15. The molecule has 0 spiro atoms. The molecule has 2 aromatic carbocycles. The minimum Gasteiger partial charge on any atom is -0.507 e. The van der Waals surface area contributed by atoms with E-state index in [0.29, 0.717) is 11.1 Å². The van der Waals surface area contributed by atoms with Crippen molar-refractivity contribution >= 4 is 23.6 Å². The van der Waals surface area contributed by atoms with E-state index in [2.05, 4.69) is 10.6 Å². The predicted octanol–water partition coefficient (Wildman–Crippen LogP) is -0.170. The van der Waals surface area contributed by atoms with Gasteiger partial charge in [0.1, 0.15) is 23.6 Å². The first-order valence-electron chi connectivity index (χ1n) is 9.75. The van der Waals surface area contributed by atoms with Gasteiger partial charge in [-0.15, -0.1) is 0 Å². The molecule has 0 fully saturated rings. The van der Waals surface area contributed by atoms with Crippen LogP contribution in [0.2, 0.25) is 0 Å². The number of hydrogen-bond donors (Lipinski definition) is 6. The second-order valence-corrected chi connectivity index (χ2v) is 7.42. The molecule has 0 radical (unpaired) electrons. The lowest BCUT2D eigenvalue weighted by Crippen LogP contribution is -2.45. The molecule has 10 nitrogen and oxygen atoms in total. The first-order valence-corrected chi connectivity index (χ1v) is 9.75. The van der Waals surface area contributed by atoms with Crippen LogP contribution in [0.3, 0.4) is 0 Å². The van der Waals surface area contributed by atoms with E-state index in [9.17, 15) is 29.4 Å². The maximum absolute atomic E-state index is 11.6. The fraction of sp³-hybridized carbons (Fsp3) is 0.273. The monoisotopic (exact) mass is 442 g/mol. The Kier molecular flexibility index (Phi) is 7.78. The standard InChI is InChI=1S/C22H26N4O6/c1-11(27)25-17(21(23)31)9-13-3-5-19(29)15(7-13)16-8-14(4-6-20(16)30)10-18(22(24)32)26-12(2)28/h3-8,17-18,29-30H,9-10H2,1-2H3,(H2,23,31)(H2,24,32)(H,25,27)(H,26,28)/t17-,18-/m0/s1. The number of phenols is 2. The highest BCUT2D eigenvalue weighted by Gasteiger charge is 2.20. The highest BCUT2D eigenvalue weighted by atomic mass is 16.3. The van der Waals surface area contributed by atoms with Crippen molar-refractivity contribution in [3.05, 3.63) is 47.5 Å². The molecular formula is C22H26N4O6. The van der Waals surface area contributed by atoms with Gasteiger partial charge in [-0.25, -0.2) is 0 Å². The van der Waals surface area contributed by atoms with Crippen LogP contribution in [0.5, 0.6) is 11.5 Å². The maximum Gasteiger partial charge on any atom is 0.240 e. The quantitative estimate of drug-likeness (QED) is 0.313. The largest absolute Gasteiger partial charge is 0.507 e. The molecule has 2 rings (SSSR count). The number of primary amides is 2. The van der Waals surface area contributed by atoms with Gasteiger partial charge in [-0.3, -0.25) is 19.2 Å². The zero-order chi connectivity index (χ0) is 24.0. The average Bonchev–Trinajstić information content (AvgIpc) is 2.69. The number of carbonyl (C=O) groups is 4. The van der Waals surface area contributed by atoms with Gasteiger partial charge < -0.3 is 32.3 Å². The van der Waals surface area contributed by atoms with E-state index < -0.39 is 35.7 Å². The number of nitrogens with one attached hydrogen (secondary N) is 2. The highest BCUT2D eigenvalue weighted by molar-refractivity contribution is 5.87. The Bertz CT molecular complexity index is 969. The summed E-state index contributed by atoms with van der Waals surface area (Å²) in [7, 11) is 0. The minimum atomic E-state index is -0.946. The van der Waals surface area contributed by atoms with Gasteiger partial charge in [-0.05, 0) is 35.4 Å². The zero-order valence-electron chi connectivity index (χ0n) is 17.7. The molecule has 8 N–H and O–H groups in total. The van der Waals surface area contributed by atoms with Gasteiger partial charge in [0, 0.05) is 37.8 Å². The molecule has 0 saturated heterocycles. The fourth-order valence-corrected chi connectivity index (χ4v) is 3.26. The number of rotatable bonds is 9. The van der Waals surface area contributed by atoms with Crippen molar-refractivity contribution in [3.8, 4) is 22.6 Å². The first-order chi connectivity index (χ1) is 15.0. The highest BCUT2D eigenvalue weighted by Crippen LogP contribution is 2.37. The Balaban J connectivity index is 2.40. The van der Waals surface area contributed by atoms with Crippen LogP contribution in [0.25, 0.3) is 11.1 Å². The van der Waals surface area contributed by atoms with Crippen LogP contribution in [0.4, 0.5) is 0 Å². The van der Waals surface area contributed by atoms with Crippen molar-refractivity contribution in [1.29, 1.82) is 0 Å². The number of amides is 4. The zero-order valence-corrected chi connectivity index (χ0v) is 17.7. The van der Waals surface area contributed by atoms with Crippen LogP contribution in [0.1, 0.15) is 25.0 Å². The van der Waals surface area contributed by atoms with Gasteiger partial charge >= 0.3 is 0 Å². The van der Waals surface area contributed by atoms with E-state index in [1.807, 2.05) is 0 Å². The number of carbonyl (C=O) groups excluding carboxylic acids is 4. The van der Waals surface area contributed by atoms with Crippen LogP contribution < -0.4 is 22.1 Å². The average molecular weight is 442 g/mol. The van der Waals surface area contributed by atoms with E-state index in [-0.39, 0.29) is 35.5 Å². The molecule has 32 heavy (non-hydrogen) atoms. The third-order valence-electron chi connectivity index (χ3n) is 4.73. The molecule has 4 amide bonds. The fourth-order valence-electron chi connectivity index (χ4n) is 3.26. The topological polar surface area (TPSA) is 185 Å². The van der Waals surface area contributed by atoms with Gasteiger partial charge in [0.2, 0.25) is 23.6 Å². The third-order valence-corrected chi connectivity index (χ3v) is 4.73. The Morgan fingerprint density at radius 3 is 1.38 bits per heavy atom. The first kappa shape index (κ1) is 24.2. The van der Waals surface area contributed by atoms with E-state index in [4.69, 9.17) is 11.5 Å². The van der Waals surface area contributed by atoms with Crippen LogP contribution in [0.15, 0.2) is 36.4 Å². The smallest absolute Gasteiger partial charge is 0.240 e. The Hall–Kier alpha value is -4.08. The van der Waals surface area contributed by atoms with E-state index in [1.165, 1.54) is 26.0 Å².